The van der Waals surface area contributed by atoms with E-state index < -0.39 is 0 Å². The molecule has 0 spiro atoms. The van der Waals surface area contributed by atoms with Gasteiger partial charge in [0.25, 0.3) is 0 Å². The molecule has 0 amide bonds. The number of rotatable bonds is 5. The molecule has 90 valence electrons. The third-order valence-corrected chi connectivity index (χ3v) is 4.53. The van der Waals surface area contributed by atoms with Crippen LogP contribution in [0, 0.1) is 17.8 Å². The first-order chi connectivity index (χ1) is 7.15. The van der Waals surface area contributed by atoms with Gasteiger partial charge < -0.3 is 4.74 Å². The van der Waals surface area contributed by atoms with Crippen LogP contribution in [0.25, 0.3) is 0 Å². The molecule has 1 nitrogen and oxygen atoms in total. The summed E-state index contributed by atoms with van der Waals surface area (Å²) < 4.78 is 6.08. The fraction of sp³-hybridized carbons (Fsp3) is 1.00. The van der Waals surface area contributed by atoms with Crippen molar-refractivity contribution in [2.75, 3.05) is 11.9 Å². The van der Waals surface area contributed by atoms with E-state index in [9.17, 15) is 0 Å². The minimum absolute atomic E-state index is 0.527. The Kier molecular flexibility index (Phi) is 6.21. The van der Waals surface area contributed by atoms with E-state index in [1.807, 2.05) is 0 Å². The summed E-state index contributed by atoms with van der Waals surface area (Å²) >= 11 is 3.58. The van der Waals surface area contributed by atoms with Gasteiger partial charge in [0.1, 0.15) is 0 Å². The molecule has 0 aromatic heterocycles. The molecule has 1 aliphatic carbocycles. The molecular formula is C13H25BrO. The van der Waals surface area contributed by atoms with Gasteiger partial charge in [0.05, 0.1) is 12.7 Å². The summed E-state index contributed by atoms with van der Waals surface area (Å²) in [7, 11) is 0. The van der Waals surface area contributed by atoms with Crippen LogP contribution in [-0.4, -0.2) is 18.0 Å². The van der Waals surface area contributed by atoms with E-state index >= 15 is 0 Å². The van der Waals surface area contributed by atoms with Crippen molar-refractivity contribution in [2.24, 2.45) is 17.8 Å². The average Bonchev–Trinajstić information content (AvgIpc) is 2.21. The molecule has 0 aromatic carbocycles. The van der Waals surface area contributed by atoms with Crippen molar-refractivity contribution in [2.45, 2.75) is 52.6 Å². The average molecular weight is 277 g/mol. The molecule has 1 aliphatic rings. The van der Waals surface area contributed by atoms with Crippen molar-refractivity contribution in [3.05, 3.63) is 0 Å². The van der Waals surface area contributed by atoms with Crippen LogP contribution in [0.15, 0.2) is 0 Å². The first kappa shape index (κ1) is 13.5. The van der Waals surface area contributed by atoms with Crippen LogP contribution < -0.4 is 0 Å². The van der Waals surface area contributed by atoms with E-state index in [0.29, 0.717) is 17.9 Å². The minimum Gasteiger partial charge on any atom is -0.378 e. The van der Waals surface area contributed by atoms with Crippen LogP contribution in [-0.2, 0) is 4.74 Å². The number of hydrogen-bond donors (Lipinski definition) is 0. The molecule has 0 aliphatic heterocycles. The zero-order valence-corrected chi connectivity index (χ0v) is 11.9. The highest BCUT2D eigenvalue weighted by Crippen LogP contribution is 2.27. The van der Waals surface area contributed by atoms with Gasteiger partial charge in [0.2, 0.25) is 0 Å². The van der Waals surface area contributed by atoms with Gasteiger partial charge >= 0.3 is 0 Å². The zero-order chi connectivity index (χ0) is 11.3. The number of hydrogen-bond acceptors (Lipinski definition) is 1. The predicted molar refractivity (Wildman–Crippen MR) is 69.5 cm³/mol. The van der Waals surface area contributed by atoms with Crippen molar-refractivity contribution in [1.82, 2.24) is 0 Å². The molecule has 1 saturated carbocycles. The summed E-state index contributed by atoms with van der Waals surface area (Å²) in [6.45, 7) is 7.82. The fourth-order valence-corrected chi connectivity index (χ4v) is 3.13. The first-order valence-electron chi connectivity index (χ1n) is 6.32. The second kappa shape index (κ2) is 6.90. The van der Waals surface area contributed by atoms with Crippen molar-refractivity contribution in [3.8, 4) is 0 Å². The second-order valence-electron chi connectivity index (χ2n) is 5.29. The van der Waals surface area contributed by atoms with Crippen LogP contribution in [0.2, 0.25) is 0 Å². The summed E-state index contributed by atoms with van der Waals surface area (Å²) in [6.07, 6.45) is 5.90. The molecule has 0 saturated heterocycles. The van der Waals surface area contributed by atoms with Crippen LogP contribution in [0.1, 0.15) is 46.5 Å². The Morgan fingerprint density at radius 2 is 1.93 bits per heavy atom. The number of halogens is 1. The Balaban J connectivity index is 2.27. The van der Waals surface area contributed by atoms with E-state index in [-0.39, 0.29) is 0 Å². The number of alkyl halides is 1. The lowest BCUT2D eigenvalue weighted by Crippen LogP contribution is -2.29. The molecule has 15 heavy (non-hydrogen) atoms. The van der Waals surface area contributed by atoms with Gasteiger partial charge in [-0.3, -0.25) is 0 Å². The highest BCUT2D eigenvalue weighted by molar-refractivity contribution is 9.09. The standard InChI is InChI=1S/C13H25BrO/c1-10(2)12(8-14)9-15-13-7-5-4-6-11(13)3/h10-13H,4-9H2,1-3H3. The summed E-state index contributed by atoms with van der Waals surface area (Å²) in [5.74, 6) is 2.14. The molecular weight excluding hydrogens is 252 g/mol. The Hall–Kier alpha value is 0.440. The quantitative estimate of drug-likeness (QED) is 0.683. The van der Waals surface area contributed by atoms with Gasteiger partial charge in [0.15, 0.2) is 0 Å². The third kappa shape index (κ3) is 4.44. The smallest absolute Gasteiger partial charge is 0.0600 e. The molecule has 0 radical (unpaired) electrons. The second-order valence-corrected chi connectivity index (χ2v) is 5.94. The Bertz CT molecular complexity index is 170. The molecule has 1 fully saturated rings. The van der Waals surface area contributed by atoms with Crippen molar-refractivity contribution in [3.63, 3.8) is 0 Å². The Labute approximate surface area is 103 Å². The normalized spacial score (nSPS) is 29.4. The molecule has 2 heteroatoms. The van der Waals surface area contributed by atoms with Crippen LogP contribution in [0.3, 0.4) is 0 Å². The van der Waals surface area contributed by atoms with Crippen LogP contribution >= 0.6 is 15.9 Å². The highest BCUT2D eigenvalue weighted by atomic mass is 79.9. The fourth-order valence-electron chi connectivity index (χ4n) is 2.19. The van der Waals surface area contributed by atoms with Crippen LogP contribution in [0.4, 0.5) is 0 Å². The Morgan fingerprint density at radius 3 is 2.47 bits per heavy atom. The van der Waals surface area contributed by atoms with E-state index in [4.69, 9.17) is 4.74 Å². The van der Waals surface area contributed by atoms with Crippen molar-refractivity contribution < 1.29 is 4.74 Å². The monoisotopic (exact) mass is 276 g/mol. The van der Waals surface area contributed by atoms with Gasteiger partial charge in [0, 0.05) is 5.33 Å². The SMILES string of the molecule is CC(C)C(CBr)COC1CCCCC1C. The first-order valence-corrected chi connectivity index (χ1v) is 7.44. The summed E-state index contributed by atoms with van der Waals surface area (Å²) in [4.78, 5) is 0. The minimum atomic E-state index is 0.527. The lowest BCUT2D eigenvalue weighted by molar-refractivity contribution is -0.0244. The van der Waals surface area contributed by atoms with Crippen LogP contribution in [0.5, 0.6) is 0 Å². The molecule has 3 atom stereocenters. The predicted octanol–water partition coefficient (Wildman–Crippen LogP) is 4.25. The lowest BCUT2D eigenvalue weighted by atomic mass is 9.88. The maximum Gasteiger partial charge on any atom is 0.0600 e. The third-order valence-electron chi connectivity index (χ3n) is 3.70. The van der Waals surface area contributed by atoms with Crippen molar-refractivity contribution in [1.29, 1.82) is 0 Å². The van der Waals surface area contributed by atoms with Gasteiger partial charge in [-0.1, -0.05) is 49.5 Å². The maximum absolute atomic E-state index is 6.08. The van der Waals surface area contributed by atoms with Gasteiger partial charge in [-0.2, -0.15) is 0 Å². The summed E-state index contributed by atoms with van der Waals surface area (Å²) in [5, 5.41) is 1.06. The van der Waals surface area contributed by atoms with E-state index in [2.05, 4.69) is 36.7 Å². The van der Waals surface area contributed by atoms with Gasteiger partial charge in [-0.05, 0) is 30.6 Å². The number of ether oxygens (including phenoxy) is 1. The molecule has 0 aromatic rings. The largest absolute Gasteiger partial charge is 0.378 e. The molecule has 1 rings (SSSR count). The molecule has 0 N–H and O–H groups in total. The van der Waals surface area contributed by atoms with E-state index in [0.717, 1.165) is 17.9 Å². The summed E-state index contributed by atoms with van der Waals surface area (Å²) in [5.41, 5.74) is 0. The van der Waals surface area contributed by atoms with Crippen molar-refractivity contribution >= 4 is 15.9 Å². The zero-order valence-electron chi connectivity index (χ0n) is 10.3. The summed E-state index contributed by atoms with van der Waals surface area (Å²) in [6, 6.07) is 0. The molecule has 3 unspecified atom stereocenters. The molecule has 0 bridgehead atoms. The maximum atomic E-state index is 6.08. The topological polar surface area (TPSA) is 9.23 Å². The highest BCUT2D eigenvalue weighted by Gasteiger charge is 2.23. The lowest BCUT2D eigenvalue weighted by Gasteiger charge is -2.30. The van der Waals surface area contributed by atoms with Gasteiger partial charge in [-0.15, -0.1) is 0 Å². The van der Waals surface area contributed by atoms with Gasteiger partial charge in [-0.25, -0.2) is 0 Å². The Morgan fingerprint density at radius 1 is 1.27 bits per heavy atom. The molecule has 0 heterocycles. The van der Waals surface area contributed by atoms with E-state index in [1.54, 1.807) is 0 Å². The van der Waals surface area contributed by atoms with E-state index in [1.165, 1.54) is 25.7 Å².